The number of rotatable bonds is 6. The van der Waals surface area contributed by atoms with Crippen LogP contribution in [0.2, 0.25) is 5.02 Å². The van der Waals surface area contributed by atoms with Crippen LogP contribution in [-0.2, 0) is 6.61 Å². The first-order chi connectivity index (χ1) is 12.5. The van der Waals surface area contributed by atoms with Gasteiger partial charge in [-0.15, -0.1) is 0 Å². The second-order valence-corrected chi connectivity index (χ2v) is 6.16. The Morgan fingerprint density at radius 3 is 2.65 bits per heavy atom. The predicted molar refractivity (Wildman–Crippen MR) is 101 cm³/mol. The number of ether oxygens (including phenoxy) is 1. The first kappa shape index (κ1) is 17.8. The Labute approximate surface area is 156 Å². The number of aryl methyl sites for hydroxylation is 1. The van der Waals surface area contributed by atoms with Crippen molar-refractivity contribution >= 4 is 23.5 Å². The summed E-state index contributed by atoms with van der Waals surface area (Å²) >= 11 is 5.99. The van der Waals surface area contributed by atoms with Crippen LogP contribution in [0.1, 0.15) is 27.4 Å². The van der Waals surface area contributed by atoms with Crippen molar-refractivity contribution in [2.24, 2.45) is 0 Å². The molecule has 0 aliphatic heterocycles. The molecule has 0 saturated carbocycles. The number of carbonyl (C=O) groups excluding carboxylic acids is 1. The van der Waals surface area contributed by atoms with E-state index in [0.717, 1.165) is 5.56 Å². The zero-order valence-corrected chi connectivity index (χ0v) is 14.9. The summed E-state index contributed by atoms with van der Waals surface area (Å²) in [5.41, 5.74) is 1.44. The highest BCUT2D eigenvalue weighted by molar-refractivity contribution is 6.31. The lowest BCUT2D eigenvalue weighted by Gasteiger charge is -2.05. The number of benzene rings is 2. The van der Waals surface area contributed by atoms with Gasteiger partial charge in [-0.05, 0) is 79.2 Å². The van der Waals surface area contributed by atoms with E-state index in [1.54, 1.807) is 42.5 Å². The molecule has 1 aromatic heterocycles. The van der Waals surface area contributed by atoms with Gasteiger partial charge >= 0.3 is 0 Å². The van der Waals surface area contributed by atoms with Crippen LogP contribution in [0.25, 0.3) is 6.08 Å². The number of aromatic hydroxyl groups is 1. The van der Waals surface area contributed by atoms with Crippen LogP contribution in [0, 0.1) is 6.92 Å². The maximum absolute atomic E-state index is 12.1. The molecule has 0 bridgehead atoms. The molecule has 1 heterocycles. The molecule has 1 N–H and O–H groups in total. The average molecular weight is 369 g/mol. The van der Waals surface area contributed by atoms with Crippen molar-refractivity contribution in [3.05, 3.63) is 88.3 Å². The van der Waals surface area contributed by atoms with Crippen LogP contribution >= 0.6 is 11.6 Å². The minimum atomic E-state index is -0.171. The predicted octanol–water partition coefficient (Wildman–Crippen LogP) is 5.42. The Hall–Kier alpha value is -2.98. The Morgan fingerprint density at radius 1 is 1.15 bits per heavy atom. The van der Waals surface area contributed by atoms with Gasteiger partial charge in [-0.2, -0.15) is 0 Å². The van der Waals surface area contributed by atoms with Crippen molar-refractivity contribution in [1.29, 1.82) is 0 Å². The first-order valence-electron chi connectivity index (χ1n) is 8.00. The fourth-order valence-corrected chi connectivity index (χ4v) is 2.42. The van der Waals surface area contributed by atoms with Crippen LogP contribution < -0.4 is 4.74 Å². The molecule has 3 rings (SSSR count). The van der Waals surface area contributed by atoms with E-state index in [-0.39, 0.29) is 18.1 Å². The van der Waals surface area contributed by atoms with Crippen LogP contribution in [0.5, 0.6) is 11.5 Å². The Morgan fingerprint density at radius 2 is 1.92 bits per heavy atom. The molecule has 0 unspecified atom stereocenters. The fraction of sp³-hybridized carbons (Fsp3) is 0.0952. The summed E-state index contributed by atoms with van der Waals surface area (Å²) in [7, 11) is 0. The van der Waals surface area contributed by atoms with Gasteiger partial charge in [-0.25, -0.2) is 0 Å². The number of halogens is 1. The number of phenols is 1. The second kappa shape index (κ2) is 7.93. The van der Waals surface area contributed by atoms with Crippen molar-refractivity contribution in [2.75, 3.05) is 0 Å². The monoisotopic (exact) mass is 368 g/mol. The third kappa shape index (κ3) is 4.55. The van der Waals surface area contributed by atoms with Gasteiger partial charge in [-0.3, -0.25) is 4.79 Å². The Balaban J connectivity index is 1.59. The lowest BCUT2D eigenvalue weighted by molar-refractivity contribution is 0.104. The van der Waals surface area contributed by atoms with Gasteiger partial charge in [0, 0.05) is 10.6 Å². The molecule has 0 radical (unpaired) electrons. The van der Waals surface area contributed by atoms with Crippen LogP contribution in [0.3, 0.4) is 0 Å². The van der Waals surface area contributed by atoms with E-state index in [0.29, 0.717) is 27.9 Å². The summed E-state index contributed by atoms with van der Waals surface area (Å²) in [6, 6.07) is 15.1. The van der Waals surface area contributed by atoms with Crippen LogP contribution in [0.4, 0.5) is 0 Å². The average Bonchev–Trinajstić information content (AvgIpc) is 3.09. The minimum Gasteiger partial charge on any atom is -0.508 e. The molecule has 3 aromatic rings. The number of hydrogen-bond donors (Lipinski definition) is 1. The molecule has 4 nitrogen and oxygen atoms in total. The van der Waals surface area contributed by atoms with E-state index in [4.69, 9.17) is 20.8 Å². The standard InChI is InChI=1S/C21H17ClO4/c1-14-12-18(8-10-20(14)22)25-13-19-7-6-17(26-19)9-11-21(24)15-2-4-16(23)5-3-15/h2-12,23H,13H2,1H3/b11-9+. The molecule has 0 saturated heterocycles. The molecular formula is C21H17ClO4. The van der Waals surface area contributed by atoms with Crippen molar-refractivity contribution in [3.8, 4) is 11.5 Å². The first-order valence-corrected chi connectivity index (χ1v) is 8.38. The summed E-state index contributed by atoms with van der Waals surface area (Å²) in [6.07, 6.45) is 3.03. The molecular weight excluding hydrogens is 352 g/mol. The van der Waals surface area contributed by atoms with E-state index in [2.05, 4.69) is 0 Å². The topological polar surface area (TPSA) is 59.7 Å². The third-order valence-electron chi connectivity index (χ3n) is 3.74. The second-order valence-electron chi connectivity index (χ2n) is 5.75. The molecule has 132 valence electrons. The molecule has 26 heavy (non-hydrogen) atoms. The van der Waals surface area contributed by atoms with Crippen molar-refractivity contribution in [2.45, 2.75) is 13.5 Å². The number of furan rings is 1. The molecule has 0 aliphatic rings. The number of allylic oxidation sites excluding steroid dienone is 1. The van der Waals surface area contributed by atoms with Crippen LogP contribution in [-0.4, -0.2) is 10.9 Å². The Bertz CT molecular complexity index is 939. The van der Waals surface area contributed by atoms with E-state index in [9.17, 15) is 9.90 Å². The van der Waals surface area contributed by atoms with E-state index >= 15 is 0 Å². The van der Waals surface area contributed by atoms with Gasteiger partial charge in [0.05, 0.1) is 0 Å². The van der Waals surface area contributed by atoms with Gasteiger partial charge in [0.2, 0.25) is 0 Å². The van der Waals surface area contributed by atoms with Gasteiger partial charge in [0.1, 0.15) is 29.6 Å². The molecule has 0 fully saturated rings. The van der Waals surface area contributed by atoms with Gasteiger partial charge in [0.25, 0.3) is 0 Å². The van der Waals surface area contributed by atoms with Gasteiger partial charge in [-0.1, -0.05) is 11.6 Å². The van der Waals surface area contributed by atoms with Gasteiger partial charge in [0.15, 0.2) is 5.78 Å². The molecule has 0 spiro atoms. The van der Waals surface area contributed by atoms with E-state index in [1.165, 1.54) is 18.2 Å². The minimum absolute atomic E-state index is 0.122. The van der Waals surface area contributed by atoms with Crippen molar-refractivity contribution in [3.63, 3.8) is 0 Å². The summed E-state index contributed by atoms with van der Waals surface area (Å²) in [5, 5.41) is 9.94. The molecule has 0 atom stereocenters. The lowest BCUT2D eigenvalue weighted by Crippen LogP contribution is -1.94. The maximum Gasteiger partial charge on any atom is 0.185 e. The number of hydrogen-bond acceptors (Lipinski definition) is 4. The molecule has 0 aliphatic carbocycles. The van der Waals surface area contributed by atoms with Gasteiger partial charge < -0.3 is 14.3 Å². The Kier molecular flexibility index (Phi) is 5.44. The normalized spacial score (nSPS) is 11.0. The third-order valence-corrected chi connectivity index (χ3v) is 4.17. The number of carbonyl (C=O) groups is 1. The number of ketones is 1. The summed E-state index contributed by atoms with van der Waals surface area (Å²) in [6.45, 7) is 2.19. The quantitative estimate of drug-likeness (QED) is 0.466. The molecule has 0 amide bonds. The zero-order valence-electron chi connectivity index (χ0n) is 14.1. The number of phenolic OH excluding ortho intramolecular Hbond substituents is 1. The van der Waals surface area contributed by atoms with Crippen molar-refractivity contribution < 1.29 is 19.1 Å². The fourth-order valence-electron chi connectivity index (χ4n) is 2.30. The highest BCUT2D eigenvalue weighted by Crippen LogP contribution is 2.22. The summed E-state index contributed by atoms with van der Waals surface area (Å²) < 4.78 is 11.3. The molecule has 5 heteroatoms. The smallest absolute Gasteiger partial charge is 0.185 e. The molecule has 2 aromatic carbocycles. The zero-order chi connectivity index (χ0) is 18.5. The van der Waals surface area contributed by atoms with Crippen LogP contribution in [0.15, 0.2) is 65.1 Å². The highest BCUT2D eigenvalue weighted by Gasteiger charge is 2.05. The lowest BCUT2D eigenvalue weighted by atomic mass is 10.1. The van der Waals surface area contributed by atoms with E-state index < -0.39 is 0 Å². The summed E-state index contributed by atoms with van der Waals surface area (Å²) in [4.78, 5) is 12.1. The van der Waals surface area contributed by atoms with E-state index in [1.807, 2.05) is 13.0 Å². The van der Waals surface area contributed by atoms with Crippen molar-refractivity contribution in [1.82, 2.24) is 0 Å². The largest absolute Gasteiger partial charge is 0.508 e. The highest BCUT2D eigenvalue weighted by atomic mass is 35.5. The SMILES string of the molecule is Cc1cc(OCc2ccc(/C=C/C(=O)c3ccc(O)cc3)o2)ccc1Cl. The maximum atomic E-state index is 12.1. The summed E-state index contributed by atoms with van der Waals surface area (Å²) in [5.74, 6) is 1.87.